The average Bonchev–Trinajstić information content (AvgIpc) is 3.23. The highest BCUT2D eigenvalue weighted by Gasteiger charge is 2.28. The number of pyridine rings is 1. The quantitative estimate of drug-likeness (QED) is 0.288. The molecule has 218 valence electrons. The number of nitrogens with zero attached hydrogens (tertiary/aromatic N) is 3. The van der Waals surface area contributed by atoms with Crippen molar-refractivity contribution < 1.29 is 24.1 Å². The normalized spacial score (nSPS) is 16.2. The predicted octanol–water partition coefficient (Wildman–Crippen LogP) is 4.63. The molecule has 1 fully saturated rings. The number of carbonyl (C=O) groups excluding carboxylic acids is 1. The van der Waals surface area contributed by atoms with E-state index in [1.165, 1.54) is 0 Å². The zero-order valence-corrected chi connectivity index (χ0v) is 24.6. The molecule has 9 heteroatoms. The van der Waals surface area contributed by atoms with Crippen LogP contribution in [-0.4, -0.2) is 56.7 Å². The largest absolute Gasteiger partial charge is 0.494 e. The lowest BCUT2D eigenvalue weighted by molar-refractivity contribution is -0.164. The average molecular weight is 554 g/mol. The molecule has 1 saturated heterocycles. The molecule has 0 unspecified atom stereocenters. The highest BCUT2D eigenvalue weighted by molar-refractivity contribution is 5.82. The SMILES string of the molecule is Cc1cc(-c2nc3cc(OCCC[C@H](C(=O)OC(C)(C)C)[C@@H](C)O)ccc3n2CC2CCOCC2)cn(C)c1=O. The van der Waals surface area contributed by atoms with Crippen LogP contribution in [0.1, 0.15) is 58.9 Å². The van der Waals surface area contributed by atoms with E-state index < -0.39 is 17.6 Å². The van der Waals surface area contributed by atoms with Crippen LogP contribution in [0, 0.1) is 18.8 Å². The van der Waals surface area contributed by atoms with Gasteiger partial charge in [-0.15, -0.1) is 0 Å². The Hall–Kier alpha value is -3.17. The van der Waals surface area contributed by atoms with E-state index in [0.717, 1.165) is 55.0 Å². The molecule has 0 bridgehead atoms. The summed E-state index contributed by atoms with van der Waals surface area (Å²) in [5.41, 5.74) is 2.79. The summed E-state index contributed by atoms with van der Waals surface area (Å²) in [5.74, 6) is 1.02. The van der Waals surface area contributed by atoms with Gasteiger partial charge in [0.25, 0.3) is 5.56 Å². The molecular formula is C31H43N3O6. The molecule has 0 aliphatic carbocycles. The summed E-state index contributed by atoms with van der Waals surface area (Å²) in [7, 11) is 1.77. The van der Waals surface area contributed by atoms with Crippen LogP contribution >= 0.6 is 0 Å². The molecule has 9 nitrogen and oxygen atoms in total. The first-order valence-corrected chi connectivity index (χ1v) is 14.2. The van der Waals surface area contributed by atoms with Gasteiger partial charge in [0.15, 0.2) is 0 Å². The van der Waals surface area contributed by atoms with E-state index in [-0.39, 0.29) is 11.5 Å². The third-order valence-electron chi connectivity index (χ3n) is 7.34. The van der Waals surface area contributed by atoms with Gasteiger partial charge in [0.1, 0.15) is 17.2 Å². The summed E-state index contributed by atoms with van der Waals surface area (Å²) < 4.78 is 20.9. The Morgan fingerprint density at radius 1 is 1.23 bits per heavy atom. The van der Waals surface area contributed by atoms with E-state index in [2.05, 4.69) is 4.57 Å². The lowest BCUT2D eigenvalue weighted by Gasteiger charge is -2.25. The van der Waals surface area contributed by atoms with Gasteiger partial charge in [-0.2, -0.15) is 0 Å². The van der Waals surface area contributed by atoms with Gasteiger partial charge in [-0.05, 0) is 84.4 Å². The molecule has 0 radical (unpaired) electrons. The van der Waals surface area contributed by atoms with E-state index >= 15 is 0 Å². The first kappa shape index (κ1) is 29.8. The van der Waals surface area contributed by atoms with E-state index in [1.807, 2.05) is 58.2 Å². The molecular weight excluding hydrogens is 510 g/mol. The first-order chi connectivity index (χ1) is 18.9. The number of benzene rings is 1. The van der Waals surface area contributed by atoms with Gasteiger partial charge < -0.3 is 28.5 Å². The zero-order valence-electron chi connectivity index (χ0n) is 24.6. The van der Waals surface area contributed by atoms with Crippen molar-refractivity contribution in [1.82, 2.24) is 14.1 Å². The van der Waals surface area contributed by atoms with Crippen molar-refractivity contribution in [2.45, 2.75) is 78.6 Å². The monoisotopic (exact) mass is 553 g/mol. The minimum Gasteiger partial charge on any atom is -0.494 e. The molecule has 4 rings (SSSR count). The number of esters is 1. The number of aliphatic hydroxyl groups excluding tert-OH is 1. The molecule has 0 spiro atoms. The van der Waals surface area contributed by atoms with Crippen molar-refractivity contribution in [3.8, 4) is 17.1 Å². The van der Waals surface area contributed by atoms with Crippen LogP contribution in [0.2, 0.25) is 0 Å². The Balaban J connectivity index is 1.53. The van der Waals surface area contributed by atoms with Gasteiger partial charge in [-0.25, -0.2) is 4.98 Å². The minimum atomic E-state index is -0.801. The maximum atomic E-state index is 12.5. The van der Waals surface area contributed by atoms with E-state index in [9.17, 15) is 14.7 Å². The van der Waals surface area contributed by atoms with Gasteiger partial charge in [0.2, 0.25) is 0 Å². The van der Waals surface area contributed by atoms with Crippen molar-refractivity contribution in [3.63, 3.8) is 0 Å². The summed E-state index contributed by atoms with van der Waals surface area (Å²) in [6.07, 6.45) is 4.11. The van der Waals surface area contributed by atoms with Crippen LogP contribution in [0.25, 0.3) is 22.4 Å². The fraction of sp³-hybridized carbons (Fsp3) is 0.581. The van der Waals surface area contributed by atoms with Crippen LogP contribution in [-0.2, 0) is 27.9 Å². The third-order valence-corrected chi connectivity index (χ3v) is 7.34. The van der Waals surface area contributed by atoms with Crippen molar-refractivity contribution in [3.05, 3.63) is 46.4 Å². The molecule has 3 aromatic rings. The Morgan fingerprint density at radius 3 is 2.60 bits per heavy atom. The van der Waals surface area contributed by atoms with E-state index in [4.69, 9.17) is 19.2 Å². The van der Waals surface area contributed by atoms with Gasteiger partial charge in [0.05, 0.1) is 29.7 Å². The zero-order chi connectivity index (χ0) is 29.0. The molecule has 1 aliphatic heterocycles. The summed E-state index contributed by atoms with van der Waals surface area (Å²) in [5, 5.41) is 10.1. The Labute approximate surface area is 236 Å². The highest BCUT2D eigenvalue weighted by atomic mass is 16.6. The number of carbonyl (C=O) groups is 1. The lowest BCUT2D eigenvalue weighted by atomic mass is 9.97. The van der Waals surface area contributed by atoms with Crippen molar-refractivity contribution in [1.29, 1.82) is 0 Å². The van der Waals surface area contributed by atoms with Crippen LogP contribution in [0.15, 0.2) is 35.3 Å². The van der Waals surface area contributed by atoms with Crippen LogP contribution in [0.4, 0.5) is 0 Å². The maximum absolute atomic E-state index is 12.5. The van der Waals surface area contributed by atoms with Crippen molar-refractivity contribution >= 4 is 17.0 Å². The number of ether oxygens (including phenoxy) is 3. The number of aryl methyl sites for hydroxylation is 2. The fourth-order valence-electron chi connectivity index (χ4n) is 5.22. The number of fused-ring (bicyclic) bond motifs is 1. The molecule has 1 aliphatic rings. The molecule has 1 aromatic carbocycles. The Bertz CT molecular complexity index is 1350. The number of imidazole rings is 1. The number of hydrogen-bond acceptors (Lipinski definition) is 7. The van der Waals surface area contributed by atoms with E-state index in [1.54, 1.807) is 18.5 Å². The topological polar surface area (TPSA) is 105 Å². The summed E-state index contributed by atoms with van der Waals surface area (Å²) >= 11 is 0. The smallest absolute Gasteiger partial charge is 0.312 e. The maximum Gasteiger partial charge on any atom is 0.312 e. The van der Waals surface area contributed by atoms with Gasteiger partial charge in [-0.1, -0.05) is 0 Å². The van der Waals surface area contributed by atoms with Gasteiger partial charge >= 0.3 is 5.97 Å². The molecule has 1 N–H and O–H groups in total. The van der Waals surface area contributed by atoms with Crippen molar-refractivity contribution in [2.24, 2.45) is 18.9 Å². The summed E-state index contributed by atoms with van der Waals surface area (Å²) in [4.78, 5) is 29.8. The van der Waals surface area contributed by atoms with Crippen molar-refractivity contribution in [2.75, 3.05) is 19.8 Å². The number of aliphatic hydroxyl groups is 1. The minimum absolute atomic E-state index is 0.0176. The number of aromatic nitrogens is 3. The molecule has 0 amide bonds. The van der Waals surface area contributed by atoms with Crippen LogP contribution in [0.5, 0.6) is 5.75 Å². The highest BCUT2D eigenvalue weighted by Crippen LogP contribution is 2.30. The fourth-order valence-corrected chi connectivity index (χ4v) is 5.22. The summed E-state index contributed by atoms with van der Waals surface area (Å²) in [6, 6.07) is 7.83. The molecule has 0 saturated carbocycles. The summed E-state index contributed by atoms with van der Waals surface area (Å²) in [6.45, 7) is 11.7. The number of rotatable bonds is 10. The van der Waals surface area contributed by atoms with E-state index in [0.29, 0.717) is 36.7 Å². The molecule has 2 atom stereocenters. The molecule has 2 aromatic heterocycles. The first-order valence-electron chi connectivity index (χ1n) is 14.2. The van der Waals surface area contributed by atoms with Gasteiger partial charge in [0, 0.05) is 50.2 Å². The Kier molecular flexibility index (Phi) is 9.36. The second-order valence-electron chi connectivity index (χ2n) is 12.0. The standard InChI is InChI=1S/C31H43N3O6/c1-20-16-23(19-33(6)29(20)36)28-32-26-17-24(9-10-27(26)34(28)18-22-11-14-38-15-12-22)39-13-7-8-25(21(2)35)30(37)40-31(3,4)5/h9-10,16-17,19,21-22,25,35H,7-8,11-15,18H2,1-6H3/t21-,25+/m1/s1. The van der Waals surface area contributed by atoms with Crippen LogP contribution in [0.3, 0.4) is 0 Å². The molecule has 3 heterocycles. The third kappa shape index (κ3) is 7.31. The predicted molar refractivity (Wildman–Crippen MR) is 154 cm³/mol. The number of hydrogen-bond donors (Lipinski definition) is 1. The lowest BCUT2D eigenvalue weighted by Crippen LogP contribution is -2.34. The molecule has 40 heavy (non-hydrogen) atoms. The second kappa shape index (κ2) is 12.6. The van der Waals surface area contributed by atoms with Gasteiger partial charge in [-0.3, -0.25) is 9.59 Å². The Morgan fingerprint density at radius 2 is 1.95 bits per heavy atom. The second-order valence-corrected chi connectivity index (χ2v) is 12.0. The van der Waals surface area contributed by atoms with Crippen LogP contribution < -0.4 is 10.3 Å².